The lowest BCUT2D eigenvalue weighted by atomic mass is 10.3. The fourth-order valence-electron chi connectivity index (χ4n) is 1.53. The molecule has 0 fully saturated rings. The minimum Gasteiger partial charge on any atom is -0.339 e. The first-order valence-electron chi connectivity index (χ1n) is 5.66. The molecule has 0 atom stereocenters. The Balaban J connectivity index is 2.10. The highest BCUT2D eigenvalue weighted by atomic mass is 79.9. The largest absolute Gasteiger partial charge is 0.339 e. The Morgan fingerprint density at radius 2 is 2.29 bits per heavy atom. The second-order valence-corrected chi connectivity index (χ2v) is 4.62. The van der Waals surface area contributed by atoms with E-state index in [1.165, 1.54) is 0 Å². The molecule has 2 aromatic rings. The van der Waals surface area contributed by atoms with E-state index in [1.807, 2.05) is 18.3 Å². The van der Waals surface area contributed by atoms with E-state index >= 15 is 0 Å². The van der Waals surface area contributed by atoms with Gasteiger partial charge in [0.25, 0.3) is 0 Å². The van der Waals surface area contributed by atoms with Crippen molar-refractivity contribution in [3.05, 3.63) is 34.7 Å². The molecule has 90 valence electrons. The fraction of sp³-hybridized carbons (Fsp3) is 0.333. The van der Waals surface area contributed by atoms with Crippen LogP contribution in [0.2, 0.25) is 0 Å². The Bertz CT molecular complexity index is 481. The van der Waals surface area contributed by atoms with Crippen molar-refractivity contribution in [1.29, 1.82) is 0 Å². The molecule has 0 saturated heterocycles. The van der Waals surface area contributed by atoms with Gasteiger partial charge in [-0.05, 0) is 41.0 Å². The maximum Gasteiger partial charge on any atom is 0.157 e. The van der Waals surface area contributed by atoms with E-state index in [9.17, 15) is 0 Å². The number of hydrogen-bond donors (Lipinski definition) is 2. The molecule has 2 rings (SSSR count). The molecule has 0 aliphatic heterocycles. The average molecular weight is 295 g/mol. The van der Waals surface area contributed by atoms with Crippen LogP contribution in [0.25, 0.3) is 11.5 Å². The van der Waals surface area contributed by atoms with Gasteiger partial charge in [-0.2, -0.15) is 0 Å². The van der Waals surface area contributed by atoms with Gasteiger partial charge in [0, 0.05) is 22.9 Å². The van der Waals surface area contributed by atoms with Crippen molar-refractivity contribution < 1.29 is 0 Å². The maximum absolute atomic E-state index is 4.34. The highest BCUT2D eigenvalue weighted by molar-refractivity contribution is 9.10. The number of rotatable bonds is 5. The Morgan fingerprint density at radius 3 is 3.06 bits per heavy atom. The Labute approximate surface area is 109 Å². The van der Waals surface area contributed by atoms with Crippen LogP contribution in [-0.4, -0.2) is 21.5 Å². The topological polar surface area (TPSA) is 53.6 Å². The third-order valence-corrected chi connectivity index (χ3v) is 2.99. The number of halogens is 1. The summed E-state index contributed by atoms with van der Waals surface area (Å²) in [6.07, 6.45) is 4.74. The zero-order valence-electron chi connectivity index (χ0n) is 9.70. The number of nitrogens with zero attached hydrogens (tertiary/aromatic N) is 2. The molecular formula is C12H15BrN4. The summed E-state index contributed by atoms with van der Waals surface area (Å²) in [7, 11) is 0. The molecule has 0 unspecified atom stereocenters. The maximum atomic E-state index is 4.34. The summed E-state index contributed by atoms with van der Waals surface area (Å²) in [4.78, 5) is 11.9. The molecule has 2 heterocycles. The van der Waals surface area contributed by atoms with Crippen LogP contribution in [0.15, 0.2) is 29.0 Å². The first kappa shape index (κ1) is 12.3. The van der Waals surface area contributed by atoms with E-state index in [0.717, 1.165) is 41.2 Å². The number of nitrogens with one attached hydrogen (secondary N) is 2. The smallest absolute Gasteiger partial charge is 0.157 e. The van der Waals surface area contributed by atoms with Crippen molar-refractivity contribution in [3.8, 4) is 11.5 Å². The first-order chi connectivity index (χ1) is 8.31. The number of pyridine rings is 1. The van der Waals surface area contributed by atoms with E-state index in [2.05, 4.69) is 43.1 Å². The van der Waals surface area contributed by atoms with E-state index in [-0.39, 0.29) is 0 Å². The quantitative estimate of drug-likeness (QED) is 0.834. The monoisotopic (exact) mass is 294 g/mol. The molecule has 0 spiro atoms. The van der Waals surface area contributed by atoms with Gasteiger partial charge in [-0.25, -0.2) is 4.98 Å². The minimum atomic E-state index is 0.797. The number of aromatic nitrogens is 3. The number of H-pyrrole nitrogens is 1. The van der Waals surface area contributed by atoms with Gasteiger partial charge >= 0.3 is 0 Å². The second kappa shape index (κ2) is 5.93. The SMILES string of the molecule is CCCNCc1cnc(-c2ncccc2Br)[nH]1. The molecule has 0 radical (unpaired) electrons. The van der Waals surface area contributed by atoms with E-state index < -0.39 is 0 Å². The van der Waals surface area contributed by atoms with Crippen LogP contribution in [0.3, 0.4) is 0 Å². The van der Waals surface area contributed by atoms with Crippen molar-refractivity contribution >= 4 is 15.9 Å². The molecule has 0 bridgehead atoms. The predicted molar refractivity (Wildman–Crippen MR) is 71.5 cm³/mol. The summed E-state index contributed by atoms with van der Waals surface area (Å²) in [6, 6.07) is 3.85. The van der Waals surface area contributed by atoms with Gasteiger partial charge in [-0.1, -0.05) is 6.92 Å². The molecule has 0 saturated carbocycles. The summed E-state index contributed by atoms with van der Waals surface area (Å²) < 4.78 is 0.947. The molecule has 17 heavy (non-hydrogen) atoms. The zero-order valence-corrected chi connectivity index (χ0v) is 11.3. The van der Waals surface area contributed by atoms with Gasteiger partial charge < -0.3 is 10.3 Å². The zero-order chi connectivity index (χ0) is 12.1. The van der Waals surface area contributed by atoms with Crippen LogP contribution >= 0.6 is 15.9 Å². The third kappa shape index (κ3) is 3.14. The Morgan fingerprint density at radius 1 is 1.41 bits per heavy atom. The van der Waals surface area contributed by atoms with Gasteiger partial charge in [-0.3, -0.25) is 4.98 Å². The molecule has 4 nitrogen and oxygen atoms in total. The lowest BCUT2D eigenvalue weighted by Crippen LogP contribution is -2.13. The highest BCUT2D eigenvalue weighted by Gasteiger charge is 2.07. The molecular weight excluding hydrogens is 280 g/mol. The summed E-state index contributed by atoms with van der Waals surface area (Å²) in [5.41, 5.74) is 1.92. The molecule has 5 heteroatoms. The molecule has 2 aromatic heterocycles. The summed E-state index contributed by atoms with van der Waals surface area (Å²) in [5, 5.41) is 3.33. The second-order valence-electron chi connectivity index (χ2n) is 3.77. The van der Waals surface area contributed by atoms with Crippen molar-refractivity contribution in [1.82, 2.24) is 20.3 Å². The molecule has 0 aliphatic rings. The summed E-state index contributed by atoms with van der Waals surface area (Å²) in [5.74, 6) is 0.797. The molecule has 0 amide bonds. The number of aromatic amines is 1. The van der Waals surface area contributed by atoms with Crippen LogP contribution in [0.5, 0.6) is 0 Å². The molecule has 2 N–H and O–H groups in total. The first-order valence-corrected chi connectivity index (χ1v) is 6.46. The summed E-state index contributed by atoms with van der Waals surface area (Å²) in [6.45, 7) is 3.98. The van der Waals surface area contributed by atoms with Crippen LogP contribution in [0.1, 0.15) is 19.0 Å². The van der Waals surface area contributed by atoms with Gasteiger partial charge in [0.15, 0.2) is 5.82 Å². The standard InChI is InChI=1S/C12H15BrN4/c1-2-5-14-7-9-8-16-12(17-9)11-10(13)4-3-6-15-11/h3-4,6,8,14H,2,5,7H2,1H3,(H,16,17). The van der Waals surface area contributed by atoms with Gasteiger partial charge in [0.2, 0.25) is 0 Å². The van der Waals surface area contributed by atoms with Crippen molar-refractivity contribution in [2.75, 3.05) is 6.54 Å². The average Bonchev–Trinajstić information content (AvgIpc) is 2.79. The highest BCUT2D eigenvalue weighted by Crippen LogP contribution is 2.22. The predicted octanol–water partition coefficient (Wildman–Crippen LogP) is 2.73. The number of imidazole rings is 1. The lowest BCUT2D eigenvalue weighted by Gasteiger charge is -2.00. The third-order valence-electron chi connectivity index (χ3n) is 2.35. The normalized spacial score (nSPS) is 10.7. The van der Waals surface area contributed by atoms with Gasteiger partial charge in [-0.15, -0.1) is 0 Å². The van der Waals surface area contributed by atoms with Crippen molar-refractivity contribution in [2.24, 2.45) is 0 Å². The van der Waals surface area contributed by atoms with Crippen molar-refractivity contribution in [2.45, 2.75) is 19.9 Å². The minimum absolute atomic E-state index is 0.797. The Hall–Kier alpha value is -1.20. The number of hydrogen-bond acceptors (Lipinski definition) is 3. The molecule has 0 aliphatic carbocycles. The van der Waals surface area contributed by atoms with Crippen molar-refractivity contribution in [3.63, 3.8) is 0 Å². The van der Waals surface area contributed by atoms with E-state index in [0.29, 0.717) is 0 Å². The van der Waals surface area contributed by atoms with Gasteiger partial charge in [0.05, 0.1) is 6.20 Å². The van der Waals surface area contributed by atoms with E-state index in [4.69, 9.17) is 0 Å². The molecule has 0 aromatic carbocycles. The van der Waals surface area contributed by atoms with Gasteiger partial charge in [0.1, 0.15) is 5.69 Å². The fourth-order valence-corrected chi connectivity index (χ4v) is 1.97. The van der Waals surface area contributed by atoms with E-state index in [1.54, 1.807) is 6.20 Å². The van der Waals surface area contributed by atoms with Crippen LogP contribution in [0, 0.1) is 0 Å². The van der Waals surface area contributed by atoms with Crippen LogP contribution in [-0.2, 0) is 6.54 Å². The Kier molecular flexibility index (Phi) is 4.28. The summed E-state index contributed by atoms with van der Waals surface area (Å²) >= 11 is 3.47. The van der Waals surface area contributed by atoms with Crippen LogP contribution in [0.4, 0.5) is 0 Å². The van der Waals surface area contributed by atoms with Crippen LogP contribution < -0.4 is 5.32 Å². The lowest BCUT2D eigenvalue weighted by molar-refractivity contribution is 0.666.